The Hall–Kier alpha value is -5.16. The van der Waals surface area contributed by atoms with Crippen LogP contribution in [-0.2, 0) is 4.79 Å². The Morgan fingerprint density at radius 3 is 2.51 bits per heavy atom. The topological polar surface area (TPSA) is 128 Å². The van der Waals surface area contributed by atoms with Gasteiger partial charge in [-0.25, -0.2) is 9.37 Å². The Balaban J connectivity index is 1.36. The molecule has 6 rings (SSSR count). The van der Waals surface area contributed by atoms with Crippen LogP contribution in [0.15, 0.2) is 67.4 Å². The van der Waals surface area contributed by atoms with Crippen molar-refractivity contribution in [1.29, 1.82) is 0 Å². The van der Waals surface area contributed by atoms with E-state index in [2.05, 4.69) is 45.7 Å². The Bertz CT molecular complexity index is 1940. The van der Waals surface area contributed by atoms with Gasteiger partial charge in [-0.15, -0.1) is 0 Å². The number of nitrogens with zero attached hydrogens (tertiary/aromatic N) is 5. The van der Waals surface area contributed by atoms with Crippen LogP contribution in [0.25, 0.3) is 55.6 Å². The number of benzene rings is 1. The van der Waals surface area contributed by atoms with Gasteiger partial charge >= 0.3 is 0 Å². The predicted octanol–water partition coefficient (Wildman–Crippen LogP) is 5.94. The summed E-state index contributed by atoms with van der Waals surface area (Å²) in [4.78, 5) is 31.0. The van der Waals surface area contributed by atoms with E-state index in [-0.39, 0.29) is 17.6 Å². The lowest BCUT2D eigenvalue weighted by Gasteiger charge is -2.13. The van der Waals surface area contributed by atoms with Gasteiger partial charge in [-0.1, -0.05) is 13.8 Å². The Morgan fingerprint density at radius 2 is 1.70 bits per heavy atom. The Morgan fingerprint density at radius 1 is 0.907 bits per heavy atom. The standard InChI is InChI=1S/C32H32FN9O/c1-18(2)32(43)38-24-9-20(13-34-15-24)21-10-26-30(40-41-31(26)37-14-21)28-12-25-27(16-35-17-29(25)39-28)19-7-22(33)11-23(8-19)36-5-6-42(3)4/h7-18,36,39H,5-6H2,1-4H3,(H,38,43)(H,37,40,41). The number of aromatic amines is 2. The lowest BCUT2D eigenvalue weighted by molar-refractivity contribution is -0.118. The van der Waals surface area contributed by atoms with E-state index in [1.807, 2.05) is 52.2 Å². The molecule has 0 aliphatic heterocycles. The fourth-order valence-corrected chi connectivity index (χ4v) is 4.90. The molecule has 0 radical (unpaired) electrons. The van der Waals surface area contributed by atoms with Crippen LogP contribution in [0.4, 0.5) is 15.8 Å². The smallest absolute Gasteiger partial charge is 0.226 e. The molecule has 0 atom stereocenters. The Kier molecular flexibility index (Phi) is 7.56. The zero-order valence-electron chi connectivity index (χ0n) is 24.4. The van der Waals surface area contributed by atoms with Crippen molar-refractivity contribution in [2.45, 2.75) is 13.8 Å². The van der Waals surface area contributed by atoms with Crippen molar-refractivity contribution in [3.63, 3.8) is 0 Å². The van der Waals surface area contributed by atoms with Gasteiger partial charge in [0.05, 0.1) is 35.0 Å². The zero-order chi connectivity index (χ0) is 30.1. The third kappa shape index (κ3) is 5.93. The van der Waals surface area contributed by atoms with Gasteiger partial charge < -0.3 is 20.5 Å². The summed E-state index contributed by atoms with van der Waals surface area (Å²) in [6.45, 7) is 5.21. The summed E-state index contributed by atoms with van der Waals surface area (Å²) in [5, 5.41) is 15.4. The van der Waals surface area contributed by atoms with Gasteiger partial charge in [-0.05, 0) is 56.1 Å². The van der Waals surface area contributed by atoms with Gasteiger partial charge in [-0.2, -0.15) is 5.10 Å². The minimum atomic E-state index is -0.321. The number of nitrogens with one attached hydrogen (secondary N) is 4. The molecule has 1 aromatic carbocycles. The van der Waals surface area contributed by atoms with Crippen LogP contribution < -0.4 is 10.6 Å². The SMILES string of the molecule is CC(C)C(=O)Nc1cncc(-c2cnc3n[nH]c(-c4cc5c(-c6cc(F)cc(NCCN(C)C)c6)cncc5[nH]4)c3c2)c1. The van der Waals surface area contributed by atoms with Crippen LogP contribution in [0.2, 0.25) is 0 Å². The van der Waals surface area contributed by atoms with Crippen molar-refractivity contribution in [2.24, 2.45) is 5.92 Å². The highest BCUT2D eigenvalue weighted by Gasteiger charge is 2.16. The van der Waals surface area contributed by atoms with Crippen LogP contribution in [0, 0.1) is 11.7 Å². The summed E-state index contributed by atoms with van der Waals surface area (Å²) in [5.41, 5.74) is 7.43. The van der Waals surface area contributed by atoms with E-state index >= 15 is 0 Å². The summed E-state index contributed by atoms with van der Waals surface area (Å²) in [7, 11) is 4.00. The van der Waals surface area contributed by atoms with Crippen LogP contribution in [-0.4, -0.2) is 68.1 Å². The average molecular weight is 578 g/mol. The molecule has 0 unspecified atom stereocenters. The number of amides is 1. The van der Waals surface area contributed by atoms with E-state index in [0.717, 1.165) is 56.5 Å². The van der Waals surface area contributed by atoms with Crippen LogP contribution >= 0.6 is 0 Å². The van der Waals surface area contributed by atoms with E-state index < -0.39 is 0 Å². The molecule has 1 amide bonds. The van der Waals surface area contributed by atoms with Gasteiger partial charge in [0.1, 0.15) is 5.82 Å². The summed E-state index contributed by atoms with van der Waals surface area (Å²) < 4.78 is 14.7. The second-order valence-electron chi connectivity index (χ2n) is 11.1. The van der Waals surface area contributed by atoms with Crippen molar-refractivity contribution in [1.82, 2.24) is 35.0 Å². The number of halogens is 1. The molecule has 0 aliphatic carbocycles. The number of carbonyl (C=O) groups is 1. The number of anilines is 2. The van der Waals surface area contributed by atoms with E-state index in [1.54, 1.807) is 31.0 Å². The van der Waals surface area contributed by atoms with Crippen molar-refractivity contribution in [3.05, 3.63) is 73.2 Å². The fraction of sp³-hybridized carbons (Fsp3) is 0.219. The first-order chi connectivity index (χ1) is 20.7. The van der Waals surface area contributed by atoms with Crippen LogP contribution in [0.3, 0.4) is 0 Å². The minimum absolute atomic E-state index is 0.0765. The molecule has 5 heterocycles. The molecule has 0 fully saturated rings. The van der Waals surface area contributed by atoms with Gasteiger partial charge in [0.25, 0.3) is 0 Å². The molecule has 11 heteroatoms. The average Bonchev–Trinajstić information content (AvgIpc) is 3.60. The molecular weight excluding hydrogens is 545 g/mol. The normalized spacial score (nSPS) is 11.6. The zero-order valence-corrected chi connectivity index (χ0v) is 24.4. The maximum atomic E-state index is 14.7. The first kappa shape index (κ1) is 28.0. The summed E-state index contributed by atoms with van der Waals surface area (Å²) in [6.07, 6.45) is 8.59. The largest absolute Gasteiger partial charge is 0.384 e. The van der Waals surface area contributed by atoms with Gasteiger partial charge in [0.15, 0.2) is 5.65 Å². The fourth-order valence-electron chi connectivity index (χ4n) is 4.90. The van der Waals surface area contributed by atoms with Gasteiger partial charge in [0, 0.05) is 70.7 Å². The number of hydrogen-bond acceptors (Lipinski definition) is 7. The number of pyridine rings is 3. The lowest BCUT2D eigenvalue weighted by Crippen LogP contribution is -2.20. The Labute approximate surface area is 247 Å². The maximum Gasteiger partial charge on any atom is 0.226 e. The molecule has 0 spiro atoms. The number of hydrogen-bond donors (Lipinski definition) is 4. The summed E-state index contributed by atoms with van der Waals surface area (Å²) >= 11 is 0. The highest BCUT2D eigenvalue weighted by Crippen LogP contribution is 2.35. The van der Waals surface area contributed by atoms with Crippen molar-refractivity contribution in [3.8, 4) is 33.6 Å². The van der Waals surface area contributed by atoms with Crippen molar-refractivity contribution in [2.75, 3.05) is 37.8 Å². The third-order valence-electron chi connectivity index (χ3n) is 7.18. The molecular formula is C32H32FN9O. The van der Waals surface area contributed by atoms with Crippen LogP contribution in [0.1, 0.15) is 13.8 Å². The molecule has 6 aromatic rings. The minimum Gasteiger partial charge on any atom is -0.384 e. The number of fused-ring (bicyclic) bond motifs is 2. The first-order valence-corrected chi connectivity index (χ1v) is 14.0. The molecule has 218 valence electrons. The summed E-state index contributed by atoms with van der Waals surface area (Å²) in [5.74, 6) is -0.541. The van der Waals surface area contributed by atoms with Crippen LogP contribution in [0.5, 0.6) is 0 Å². The van der Waals surface area contributed by atoms with Crippen molar-refractivity contribution >= 4 is 39.2 Å². The predicted molar refractivity (Wildman–Crippen MR) is 168 cm³/mol. The van der Waals surface area contributed by atoms with E-state index in [0.29, 0.717) is 23.6 Å². The highest BCUT2D eigenvalue weighted by atomic mass is 19.1. The second-order valence-corrected chi connectivity index (χ2v) is 11.1. The summed E-state index contributed by atoms with van der Waals surface area (Å²) in [6, 6.07) is 10.8. The van der Waals surface area contributed by atoms with E-state index in [1.165, 1.54) is 12.1 Å². The van der Waals surface area contributed by atoms with E-state index in [9.17, 15) is 9.18 Å². The van der Waals surface area contributed by atoms with Gasteiger partial charge in [0.2, 0.25) is 5.91 Å². The first-order valence-electron chi connectivity index (χ1n) is 14.0. The third-order valence-corrected chi connectivity index (χ3v) is 7.18. The molecule has 0 saturated heterocycles. The lowest BCUT2D eigenvalue weighted by atomic mass is 10.0. The quantitative estimate of drug-likeness (QED) is 0.168. The second kappa shape index (κ2) is 11.6. The molecule has 0 bridgehead atoms. The monoisotopic (exact) mass is 577 g/mol. The molecule has 0 saturated carbocycles. The molecule has 5 aromatic heterocycles. The molecule has 4 N–H and O–H groups in total. The van der Waals surface area contributed by atoms with Crippen molar-refractivity contribution < 1.29 is 9.18 Å². The maximum absolute atomic E-state index is 14.7. The molecule has 43 heavy (non-hydrogen) atoms. The van der Waals surface area contributed by atoms with Gasteiger partial charge in [-0.3, -0.25) is 19.9 Å². The number of aromatic nitrogens is 6. The number of H-pyrrole nitrogens is 2. The molecule has 10 nitrogen and oxygen atoms in total. The number of rotatable bonds is 9. The number of likely N-dealkylation sites (N-methyl/N-ethyl adjacent to an activating group) is 1. The molecule has 0 aliphatic rings. The number of carbonyl (C=O) groups excluding carboxylic acids is 1. The van der Waals surface area contributed by atoms with E-state index in [4.69, 9.17) is 0 Å². The highest BCUT2D eigenvalue weighted by molar-refractivity contribution is 6.01.